The molecule has 1 aromatic heterocycles. The number of aliphatic hydroxyl groups excluding tert-OH is 1. The Morgan fingerprint density at radius 1 is 1.31 bits per heavy atom. The van der Waals surface area contributed by atoms with Crippen molar-refractivity contribution in [1.29, 1.82) is 0 Å². The Morgan fingerprint density at radius 3 is 2.54 bits per heavy atom. The molecule has 1 unspecified atom stereocenters. The highest BCUT2D eigenvalue weighted by Gasteiger charge is 2.08. The number of hydrogen-bond acceptors (Lipinski definition) is 3. The first kappa shape index (κ1) is 10.5. The van der Waals surface area contributed by atoms with Gasteiger partial charge in [0.1, 0.15) is 0 Å². The van der Waals surface area contributed by atoms with Gasteiger partial charge in [0.15, 0.2) is 0 Å². The van der Waals surface area contributed by atoms with Crippen LogP contribution in [-0.4, -0.2) is 22.5 Å². The number of hydrogen-bond donors (Lipinski definition) is 2. The molecule has 0 aliphatic heterocycles. The van der Waals surface area contributed by atoms with Crippen LogP contribution in [-0.2, 0) is 0 Å². The predicted molar refractivity (Wildman–Crippen MR) is 57.2 cm³/mol. The van der Waals surface area contributed by atoms with E-state index in [1.807, 2.05) is 12.1 Å². The minimum atomic E-state index is 0.237. The molecule has 0 aliphatic rings. The maximum atomic E-state index is 8.88. The van der Waals surface area contributed by atoms with Crippen molar-refractivity contribution in [2.45, 2.75) is 18.8 Å². The van der Waals surface area contributed by atoms with E-state index in [1.165, 1.54) is 5.56 Å². The maximum absolute atomic E-state index is 8.88. The lowest BCUT2D eigenvalue weighted by molar-refractivity contribution is 0.274. The maximum Gasteiger partial charge on any atom is 0.0436 e. The Bertz CT molecular complexity index is 222. The molecule has 0 saturated heterocycles. The van der Waals surface area contributed by atoms with Crippen LogP contribution in [0.2, 0.25) is 0 Å². The van der Waals surface area contributed by atoms with Crippen LogP contribution in [0.25, 0.3) is 0 Å². The summed E-state index contributed by atoms with van der Waals surface area (Å²) >= 11 is 4.21. The van der Waals surface area contributed by atoms with Crippen molar-refractivity contribution in [1.82, 2.24) is 4.98 Å². The summed E-state index contributed by atoms with van der Waals surface area (Å²) in [6.07, 6.45) is 5.40. The van der Waals surface area contributed by atoms with Gasteiger partial charge in [-0.25, -0.2) is 0 Å². The summed E-state index contributed by atoms with van der Waals surface area (Å²) in [6, 6.07) is 4.01. The average Bonchev–Trinajstić information content (AvgIpc) is 2.19. The van der Waals surface area contributed by atoms with E-state index in [0.29, 0.717) is 5.92 Å². The van der Waals surface area contributed by atoms with Crippen LogP contribution in [0.15, 0.2) is 24.5 Å². The van der Waals surface area contributed by atoms with Crippen molar-refractivity contribution >= 4 is 12.6 Å². The topological polar surface area (TPSA) is 33.1 Å². The molecule has 72 valence electrons. The summed E-state index contributed by atoms with van der Waals surface area (Å²) in [5.41, 5.74) is 1.25. The first-order valence-corrected chi connectivity index (χ1v) is 5.13. The zero-order chi connectivity index (χ0) is 9.52. The van der Waals surface area contributed by atoms with E-state index >= 15 is 0 Å². The second-order valence-electron chi connectivity index (χ2n) is 3.00. The molecular weight excluding hydrogens is 182 g/mol. The molecule has 1 rings (SSSR count). The number of rotatable bonds is 5. The molecule has 0 bridgehead atoms. The molecule has 3 heteroatoms. The van der Waals surface area contributed by atoms with Crippen molar-refractivity contribution in [2.24, 2.45) is 0 Å². The fraction of sp³-hybridized carbons (Fsp3) is 0.500. The van der Waals surface area contributed by atoms with Crippen LogP contribution >= 0.6 is 12.6 Å². The van der Waals surface area contributed by atoms with Crippen LogP contribution in [0.1, 0.15) is 24.3 Å². The van der Waals surface area contributed by atoms with Gasteiger partial charge in [0.2, 0.25) is 0 Å². The van der Waals surface area contributed by atoms with Crippen molar-refractivity contribution in [3.63, 3.8) is 0 Å². The third kappa shape index (κ3) is 3.36. The fourth-order valence-corrected chi connectivity index (χ4v) is 1.74. The third-order valence-corrected chi connectivity index (χ3v) is 2.39. The number of pyridine rings is 1. The smallest absolute Gasteiger partial charge is 0.0436 e. The van der Waals surface area contributed by atoms with Gasteiger partial charge in [-0.3, -0.25) is 4.98 Å². The Kier molecular flexibility index (Phi) is 4.86. The quantitative estimate of drug-likeness (QED) is 0.706. The molecule has 0 aromatic carbocycles. The molecule has 1 aromatic rings. The van der Waals surface area contributed by atoms with Gasteiger partial charge in [-0.1, -0.05) is 0 Å². The molecule has 1 N–H and O–H groups in total. The van der Waals surface area contributed by atoms with Gasteiger partial charge in [-0.2, -0.15) is 12.6 Å². The van der Waals surface area contributed by atoms with Crippen LogP contribution in [0.4, 0.5) is 0 Å². The molecular formula is C10H15NOS. The Hall–Kier alpha value is -0.540. The van der Waals surface area contributed by atoms with Gasteiger partial charge >= 0.3 is 0 Å². The largest absolute Gasteiger partial charge is 0.396 e. The molecule has 0 fully saturated rings. The summed E-state index contributed by atoms with van der Waals surface area (Å²) in [5.74, 6) is 1.28. The number of aliphatic hydroxyl groups is 1. The van der Waals surface area contributed by atoms with Crippen LogP contribution in [0.3, 0.4) is 0 Å². The van der Waals surface area contributed by atoms with Crippen LogP contribution in [0.5, 0.6) is 0 Å². The minimum Gasteiger partial charge on any atom is -0.396 e. The SMILES string of the molecule is OCCC(CCS)c1ccncc1. The minimum absolute atomic E-state index is 0.237. The summed E-state index contributed by atoms with van der Waals surface area (Å²) in [5, 5.41) is 8.88. The molecule has 13 heavy (non-hydrogen) atoms. The van der Waals surface area contributed by atoms with Gasteiger partial charge in [-0.05, 0) is 42.2 Å². The van der Waals surface area contributed by atoms with Gasteiger partial charge in [0.25, 0.3) is 0 Å². The van der Waals surface area contributed by atoms with Gasteiger partial charge < -0.3 is 5.11 Å². The summed E-state index contributed by atoms with van der Waals surface area (Å²) in [4.78, 5) is 3.97. The summed E-state index contributed by atoms with van der Waals surface area (Å²) in [7, 11) is 0. The van der Waals surface area contributed by atoms with Gasteiger partial charge in [-0.15, -0.1) is 0 Å². The lowest BCUT2D eigenvalue weighted by Crippen LogP contribution is -2.02. The van der Waals surface area contributed by atoms with E-state index in [1.54, 1.807) is 12.4 Å². The Balaban J connectivity index is 2.64. The van der Waals surface area contributed by atoms with E-state index in [2.05, 4.69) is 17.6 Å². The van der Waals surface area contributed by atoms with Gasteiger partial charge in [0, 0.05) is 19.0 Å². The predicted octanol–water partition coefficient (Wildman–Crippen LogP) is 1.87. The highest BCUT2D eigenvalue weighted by molar-refractivity contribution is 7.80. The zero-order valence-electron chi connectivity index (χ0n) is 7.56. The standard InChI is InChI=1S/C10H15NOS/c12-7-3-10(4-8-13)9-1-5-11-6-2-9/h1-2,5-6,10,12-13H,3-4,7-8H2. The molecule has 0 aliphatic carbocycles. The first-order valence-electron chi connectivity index (χ1n) is 4.50. The second-order valence-corrected chi connectivity index (χ2v) is 3.45. The normalized spacial score (nSPS) is 12.8. The van der Waals surface area contributed by atoms with E-state index in [0.717, 1.165) is 18.6 Å². The number of aromatic nitrogens is 1. The highest BCUT2D eigenvalue weighted by atomic mass is 32.1. The number of thiol groups is 1. The van der Waals surface area contributed by atoms with Crippen molar-refractivity contribution < 1.29 is 5.11 Å². The molecule has 0 radical (unpaired) electrons. The molecule has 1 heterocycles. The zero-order valence-corrected chi connectivity index (χ0v) is 8.45. The van der Waals surface area contributed by atoms with Crippen LogP contribution in [0, 0.1) is 0 Å². The average molecular weight is 197 g/mol. The molecule has 0 spiro atoms. The molecule has 2 nitrogen and oxygen atoms in total. The number of nitrogens with zero attached hydrogens (tertiary/aromatic N) is 1. The highest BCUT2D eigenvalue weighted by Crippen LogP contribution is 2.22. The molecule has 0 saturated carbocycles. The fourth-order valence-electron chi connectivity index (χ4n) is 1.42. The Morgan fingerprint density at radius 2 is 2.00 bits per heavy atom. The van der Waals surface area contributed by atoms with E-state index in [-0.39, 0.29) is 6.61 Å². The van der Waals surface area contributed by atoms with E-state index < -0.39 is 0 Å². The van der Waals surface area contributed by atoms with E-state index in [4.69, 9.17) is 5.11 Å². The second kappa shape index (κ2) is 6.00. The van der Waals surface area contributed by atoms with Crippen molar-refractivity contribution in [2.75, 3.05) is 12.4 Å². The summed E-state index contributed by atoms with van der Waals surface area (Å²) in [6.45, 7) is 0.237. The Labute approximate surface area is 84.4 Å². The first-order chi connectivity index (χ1) is 6.38. The monoisotopic (exact) mass is 197 g/mol. The lowest BCUT2D eigenvalue weighted by Gasteiger charge is -2.14. The van der Waals surface area contributed by atoms with E-state index in [9.17, 15) is 0 Å². The van der Waals surface area contributed by atoms with Gasteiger partial charge in [0.05, 0.1) is 0 Å². The van der Waals surface area contributed by atoms with Crippen LogP contribution < -0.4 is 0 Å². The lowest BCUT2D eigenvalue weighted by atomic mass is 9.94. The third-order valence-electron chi connectivity index (χ3n) is 2.13. The molecule has 0 amide bonds. The van der Waals surface area contributed by atoms with Crippen molar-refractivity contribution in [3.8, 4) is 0 Å². The summed E-state index contributed by atoms with van der Waals surface area (Å²) < 4.78 is 0. The van der Waals surface area contributed by atoms with Crippen molar-refractivity contribution in [3.05, 3.63) is 30.1 Å². The molecule has 1 atom stereocenters.